The van der Waals surface area contributed by atoms with Gasteiger partial charge >= 0.3 is 5.97 Å². The Hall–Kier alpha value is -2.66. The fourth-order valence-electron chi connectivity index (χ4n) is 2.70. The number of hydrogen-bond donors (Lipinski definition) is 1. The summed E-state index contributed by atoms with van der Waals surface area (Å²) >= 11 is 0. The molecule has 0 aliphatic heterocycles. The average Bonchev–Trinajstić information content (AvgIpc) is 2.58. The molecule has 5 heteroatoms. The quantitative estimate of drug-likeness (QED) is 0.613. The molecule has 0 saturated carbocycles. The summed E-state index contributed by atoms with van der Waals surface area (Å²) in [6.45, 7) is 5.07. The molecule has 0 saturated heterocycles. The van der Waals surface area contributed by atoms with Crippen molar-refractivity contribution in [3.63, 3.8) is 0 Å². The van der Waals surface area contributed by atoms with E-state index in [1.807, 2.05) is 52.2 Å². The number of para-hydroxylation sites is 1. The van der Waals surface area contributed by atoms with Crippen molar-refractivity contribution in [2.24, 2.45) is 0 Å². The van der Waals surface area contributed by atoms with Gasteiger partial charge < -0.3 is 14.5 Å². The highest BCUT2D eigenvalue weighted by atomic mass is 16.5. The van der Waals surface area contributed by atoms with Crippen LogP contribution in [-0.4, -0.2) is 50.2 Å². The topological polar surface area (TPSA) is 55.4 Å². The SMILES string of the molecule is Cc1cccc(C)c1NC(=O)C[N+](C)(C)CCOC(=O)c1ccccc1. The van der Waals surface area contributed by atoms with Crippen LogP contribution in [0.1, 0.15) is 21.5 Å². The molecular formula is C21H27N2O3+. The van der Waals surface area contributed by atoms with Gasteiger partial charge in [-0.3, -0.25) is 4.79 Å². The van der Waals surface area contributed by atoms with Gasteiger partial charge in [0.15, 0.2) is 6.54 Å². The molecule has 0 aromatic heterocycles. The predicted molar refractivity (Wildman–Crippen MR) is 103 cm³/mol. The Balaban J connectivity index is 1.84. The normalized spacial score (nSPS) is 11.1. The third-order valence-corrected chi connectivity index (χ3v) is 4.26. The van der Waals surface area contributed by atoms with Crippen molar-refractivity contribution in [1.82, 2.24) is 0 Å². The number of nitrogens with zero attached hydrogens (tertiary/aromatic N) is 1. The van der Waals surface area contributed by atoms with E-state index in [1.54, 1.807) is 24.3 Å². The molecule has 0 radical (unpaired) electrons. The fourth-order valence-corrected chi connectivity index (χ4v) is 2.70. The Morgan fingerprint density at radius 3 is 2.19 bits per heavy atom. The van der Waals surface area contributed by atoms with Gasteiger partial charge in [-0.25, -0.2) is 4.79 Å². The zero-order valence-corrected chi connectivity index (χ0v) is 15.9. The lowest BCUT2D eigenvalue weighted by atomic mass is 10.1. The van der Waals surface area contributed by atoms with Crippen molar-refractivity contribution < 1.29 is 18.8 Å². The zero-order chi connectivity index (χ0) is 19.2. The molecule has 0 heterocycles. The molecule has 0 spiro atoms. The van der Waals surface area contributed by atoms with Gasteiger partial charge in [-0.2, -0.15) is 0 Å². The lowest BCUT2D eigenvalue weighted by Gasteiger charge is -2.29. The van der Waals surface area contributed by atoms with E-state index in [0.717, 1.165) is 16.8 Å². The molecule has 0 aliphatic carbocycles. The number of likely N-dealkylation sites (N-methyl/N-ethyl adjacent to an activating group) is 1. The van der Waals surface area contributed by atoms with Crippen LogP contribution in [0.3, 0.4) is 0 Å². The highest BCUT2D eigenvalue weighted by molar-refractivity contribution is 5.93. The van der Waals surface area contributed by atoms with Gasteiger partial charge in [0.05, 0.1) is 19.7 Å². The summed E-state index contributed by atoms with van der Waals surface area (Å²) in [6.07, 6.45) is 0. The largest absolute Gasteiger partial charge is 0.456 e. The standard InChI is InChI=1S/C21H26N2O3/c1-16-9-8-10-17(2)20(16)22-19(24)15-23(3,4)13-14-26-21(25)18-11-6-5-7-12-18/h5-12H,13-15H2,1-4H3/p+1. The van der Waals surface area contributed by atoms with Gasteiger partial charge in [-0.15, -0.1) is 0 Å². The second-order valence-electron chi connectivity index (χ2n) is 7.13. The lowest BCUT2D eigenvalue weighted by molar-refractivity contribution is -0.882. The van der Waals surface area contributed by atoms with E-state index in [9.17, 15) is 9.59 Å². The maximum absolute atomic E-state index is 12.4. The van der Waals surface area contributed by atoms with E-state index >= 15 is 0 Å². The Bertz CT molecular complexity index is 750. The minimum Gasteiger partial charge on any atom is -0.456 e. The highest BCUT2D eigenvalue weighted by Crippen LogP contribution is 2.19. The first kappa shape index (κ1) is 19.7. The van der Waals surface area contributed by atoms with Crippen LogP contribution in [0.5, 0.6) is 0 Å². The highest BCUT2D eigenvalue weighted by Gasteiger charge is 2.21. The molecule has 2 aromatic carbocycles. The van der Waals surface area contributed by atoms with E-state index in [4.69, 9.17) is 4.74 Å². The number of rotatable bonds is 7. The molecule has 0 unspecified atom stereocenters. The number of quaternary nitrogens is 1. The number of ether oxygens (including phenoxy) is 1. The van der Waals surface area contributed by atoms with Crippen molar-refractivity contribution in [2.45, 2.75) is 13.8 Å². The Morgan fingerprint density at radius 1 is 0.962 bits per heavy atom. The van der Waals surface area contributed by atoms with Crippen LogP contribution in [0, 0.1) is 13.8 Å². The smallest absolute Gasteiger partial charge is 0.338 e. The average molecular weight is 355 g/mol. The molecular weight excluding hydrogens is 328 g/mol. The van der Waals surface area contributed by atoms with E-state index in [1.165, 1.54) is 0 Å². The molecule has 138 valence electrons. The van der Waals surface area contributed by atoms with Crippen LogP contribution >= 0.6 is 0 Å². The first-order chi connectivity index (χ1) is 12.3. The number of amides is 1. The minimum atomic E-state index is -0.342. The van der Waals surface area contributed by atoms with E-state index in [0.29, 0.717) is 23.1 Å². The maximum atomic E-state index is 12.4. The van der Waals surface area contributed by atoms with Crippen LogP contribution in [0.25, 0.3) is 0 Å². The van der Waals surface area contributed by atoms with Gasteiger partial charge in [0.2, 0.25) is 0 Å². The van der Waals surface area contributed by atoms with Crippen LogP contribution in [0.4, 0.5) is 5.69 Å². The summed E-state index contributed by atoms with van der Waals surface area (Å²) in [5, 5.41) is 3.00. The van der Waals surface area contributed by atoms with Gasteiger partial charge in [0.1, 0.15) is 13.2 Å². The first-order valence-corrected chi connectivity index (χ1v) is 8.69. The van der Waals surface area contributed by atoms with Gasteiger partial charge in [-0.05, 0) is 37.1 Å². The summed E-state index contributed by atoms with van der Waals surface area (Å²) < 4.78 is 5.75. The number of carbonyl (C=O) groups is 2. The molecule has 1 N–H and O–H groups in total. The second-order valence-corrected chi connectivity index (χ2v) is 7.13. The van der Waals surface area contributed by atoms with E-state index in [2.05, 4.69) is 5.32 Å². The number of hydrogen-bond acceptors (Lipinski definition) is 3. The number of carbonyl (C=O) groups excluding carboxylic acids is 2. The van der Waals surface area contributed by atoms with Crippen LogP contribution < -0.4 is 5.32 Å². The lowest BCUT2D eigenvalue weighted by Crippen LogP contribution is -2.47. The molecule has 2 aromatic rings. The van der Waals surface area contributed by atoms with Crippen LogP contribution in [-0.2, 0) is 9.53 Å². The summed E-state index contributed by atoms with van der Waals surface area (Å²) in [6, 6.07) is 14.8. The number of nitrogens with one attached hydrogen (secondary N) is 1. The van der Waals surface area contributed by atoms with E-state index in [-0.39, 0.29) is 18.5 Å². The van der Waals surface area contributed by atoms with Crippen LogP contribution in [0.15, 0.2) is 48.5 Å². The summed E-state index contributed by atoms with van der Waals surface area (Å²) in [7, 11) is 3.89. The third-order valence-electron chi connectivity index (χ3n) is 4.26. The second kappa shape index (κ2) is 8.63. The molecule has 2 rings (SSSR count). The number of anilines is 1. The van der Waals surface area contributed by atoms with Gasteiger partial charge in [-0.1, -0.05) is 36.4 Å². The predicted octanol–water partition coefficient (Wildman–Crippen LogP) is 3.18. The van der Waals surface area contributed by atoms with Crippen molar-refractivity contribution in [3.8, 4) is 0 Å². The number of benzene rings is 2. The number of esters is 1. The monoisotopic (exact) mass is 355 g/mol. The van der Waals surface area contributed by atoms with Crippen molar-refractivity contribution in [3.05, 3.63) is 65.2 Å². The molecule has 1 amide bonds. The zero-order valence-electron chi connectivity index (χ0n) is 15.9. The molecule has 5 nitrogen and oxygen atoms in total. The third kappa shape index (κ3) is 5.70. The summed E-state index contributed by atoms with van der Waals surface area (Å²) in [4.78, 5) is 24.4. The van der Waals surface area contributed by atoms with Crippen LogP contribution in [0.2, 0.25) is 0 Å². The molecule has 0 atom stereocenters. The Labute approximate surface area is 155 Å². The Morgan fingerprint density at radius 2 is 1.58 bits per heavy atom. The van der Waals surface area contributed by atoms with E-state index < -0.39 is 0 Å². The molecule has 26 heavy (non-hydrogen) atoms. The minimum absolute atomic E-state index is 0.0539. The van der Waals surface area contributed by atoms with Crippen molar-refractivity contribution >= 4 is 17.6 Å². The van der Waals surface area contributed by atoms with Crippen molar-refractivity contribution in [2.75, 3.05) is 39.1 Å². The van der Waals surface area contributed by atoms with Gasteiger partial charge in [0.25, 0.3) is 5.91 Å². The van der Waals surface area contributed by atoms with Crippen molar-refractivity contribution in [1.29, 1.82) is 0 Å². The summed E-state index contributed by atoms with van der Waals surface area (Å²) in [5.41, 5.74) is 3.49. The molecule has 0 aliphatic rings. The first-order valence-electron chi connectivity index (χ1n) is 8.69. The molecule has 0 bridgehead atoms. The summed E-state index contributed by atoms with van der Waals surface area (Å²) in [5.74, 6) is -0.396. The van der Waals surface area contributed by atoms with Gasteiger partial charge in [0, 0.05) is 5.69 Å². The Kier molecular flexibility index (Phi) is 6.52. The molecule has 0 fully saturated rings. The fraction of sp³-hybridized carbons (Fsp3) is 0.333. The maximum Gasteiger partial charge on any atom is 0.338 e. The number of aryl methyl sites for hydroxylation is 2.